The number of hydrogen-bond acceptors (Lipinski definition) is 0. The largest absolute Gasteiger partial charge is 0.409 e. The standard InChI is InChI=1S/C15H20N2/c1-17(15-9-5-6-10-15)12-11-16(13-17)14-7-3-2-4-8-14/h2-4,7-8,11-13,15H,5-6,9-10H2,1H3. The van der Waals surface area contributed by atoms with E-state index in [0.29, 0.717) is 0 Å². The molecule has 0 spiro atoms. The van der Waals surface area contributed by atoms with Crippen molar-refractivity contribution >= 4 is 11.9 Å². The zero-order valence-electron chi connectivity index (χ0n) is 10.4. The second-order valence-corrected chi connectivity index (χ2v) is 5.32. The van der Waals surface area contributed by atoms with Crippen LogP contribution in [0.1, 0.15) is 25.7 Å². The van der Waals surface area contributed by atoms with Crippen molar-refractivity contribution in [2.24, 2.45) is 0 Å². The van der Waals surface area contributed by atoms with Crippen LogP contribution in [0.5, 0.6) is 0 Å². The van der Waals surface area contributed by atoms with Gasteiger partial charge in [0.1, 0.15) is 5.69 Å². The van der Waals surface area contributed by atoms with E-state index in [1.165, 1.54) is 31.4 Å². The van der Waals surface area contributed by atoms with Crippen molar-refractivity contribution in [3.63, 3.8) is 0 Å². The van der Waals surface area contributed by atoms with Crippen molar-refractivity contribution in [2.75, 3.05) is 7.05 Å². The van der Waals surface area contributed by atoms with Gasteiger partial charge < -0.3 is 9.06 Å². The van der Waals surface area contributed by atoms with Crippen molar-refractivity contribution in [1.29, 1.82) is 0 Å². The average Bonchev–Trinajstić information content (AvgIpc) is 3.00. The molecule has 0 N–H and O–H groups in total. The molecule has 1 aliphatic heterocycles. The van der Waals surface area contributed by atoms with E-state index in [2.05, 4.69) is 61.4 Å². The van der Waals surface area contributed by atoms with E-state index in [0.717, 1.165) is 10.5 Å². The number of quaternary nitrogens is 1. The normalized spacial score (nSPS) is 28.6. The Balaban J connectivity index is 1.76. The van der Waals surface area contributed by atoms with E-state index in [1.54, 1.807) is 0 Å². The lowest BCUT2D eigenvalue weighted by molar-refractivity contribution is -0.907. The molecule has 2 heteroatoms. The van der Waals surface area contributed by atoms with Crippen LogP contribution >= 0.6 is 0 Å². The number of nitrogens with zero attached hydrogens (tertiary/aromatic N) is 2. The molecule has 0 radical (unpaired) electrons. The number of hydrogen-bond donors (Lipinski definition) is 0. The van der Waals surface area contributed by atoms with Crippen LogP contribution in [0.3, 0.4) is 0 Å². The molecule has 0 aromatic heterocycles. The zero-order chi connectivity index (χ0) is 11.7. The minimum absolute atomic E-state index is 0.778. The Labute approximate surface area is 104 Å². The number of para-hydroxylation sites is 1. The lowest BCUT2D eigenvalue weighted by Crippen LogP contribution is -2.45. The fraction of sp³-hybridized carbons (Fsp3) is 0.400. The van der Waals surface area contributed by atoms with E-state index in [-0.39, 0.29) is 0 Å². The first-order valence-corrected chi connectivity index (χ1v) is 6.52. The predicted molar refractivity (Wildman–Crippen MR) is 69.5 cm³/mol. The van der Waals surface area contributed by atoms with E-state index in [9.17, 15) is 0 Å². The van der Waals surface area contributed by atoms with Crippen molar-refractivity contribution < 1.29 is 9.06 Å². The molecule has 1 atom stereocenters. The summed E-state index contributed by atoms with van der Waals surface area (Å²) < 4.78 is 3.22. The van der Waals surface area contributed by atoms with Gasteiger partial charge in [0.15, 0.2) is 0 Å². The van der Waals surface area contributed by atoms with Crippen LogP contribution in [0, 0.1) is 13.2 Å². The molecular weight excluding hydrogens is 208 g/mol. The molecule has 1 aliphatic carbocycles. The van der Waals surface area contributed by atoms with Gasteiger partial charge in [-0.1, -0.05) is 18.2 Å². The third-order valence-corrected chi connectivity index (χ3v) is 4.09. The minimum atomic E-state index is 0.778. The molecule has 1 aromatic carbocycles. The Hall–Kier alpha value is -1.41. The monoisotopic (exact) mass is 228 g/mol. The fourth-order valence-electron chi connectivity index (χ4n) is 2.99. The first kappa shape index (κ1) is 10.7. The van der Waals surface area contributed by atoms with Crippen molar-refractivity contribution in [1.82, 2.24) is 0 Å². The van der Waals surface area contributed by atoms with Gasteiger partial charge in [-0.3, -0.25) is 0 Å². The molecule has 1 aromatic rings. The Morgan fingerprint density at radius 1 is 1.18 bits per heavy atom. The highest BCUT2D eigenvalue weighted by Crippen LogP contribution is 2.34. The van der Waals surface area contributed by atoms with Crippen molar-refractivity contribution in [3.05, 3.63) is 43.5 Å². The third-order valence-electron chi connectivity index (χ3n) is 4.09. The Kier molecular flexibility index (Phi) is 2.60. The second-order valence-electron chi connectivity index (χ2n) is 5.32. The highest BCUT2D eigenvalue weighted by atomic mass is 15.5. The minimum Gasteiger partial charge on any atom is -0.409 e. The Morgan fingerprint density at radius 3 is 2.59 bits per heavy atom. The Morgan fingerprint density at radius 2 is 1.88 bits per heavy atom. The summed E-state index contributed by atoms with van der Waals surface area (Å²) in [6, 6.07) is 11.3. The maximum Gasteiger partial charge on any atom is 0.211 e. The maximum atomic E-state index is 2.34. The summed E-state index contributed by atoms with van der Waals surface area (Å²) in [4.78, 5) is 0. The molecule has 1 unspecified atom stereocenters. The lowest BCUT2D eigenvalue weighted by atomic mass is 10.2. The van der Waals surface area contributed by atoms with Gasteiger partial charge in [-0.05, 0) is 44.0 Å². The van der Waals surface area contributed by atoms with E-state index in [4.69, 9.17) is 0 Å². The first-order valence-electron chi connectivity index (χ1n) is 6.52. The summed E-state index contributed by atoms with van der Waals surface area (Å²) in [5, 5.41) is 0. The number of benzene rings is 1. The zero-order valence-corrected chi connectivity index (χ0v) is 10.4. The van der Waals surface area contributed by atoms with Gasteiger partial charge >= 0.3 is 0 Å². The highest BCUT2D eigenvalue weighted by molar-refractivity contribution is 5.63. The van der Waals surface area contributed by atoms with Crippen molar-refractivity contribution in [3.8, 4) is 0 Å². The van der Waals surface area contributed by atoms with Gasteiger partial charge in [0, 0.05) is 7.05 Å². The average molecular weight is 228 g/mol. The molecule has 0 bridgehead atoms. The van der Waals surface area contributed by atoms with Crippen molar-refractivity contribution in [2.45, 2.75) is 31.7 Å². The molecule has 1 fully saturated rings. The maximum absolute atomic E-state index is 2.34. The van der Waals surface area contributed by atoms with E-state index in [1.807, 2.05) is 0 Å². The molecule has 2 aliphatic rings. The van der Waals surface area contributed by atoms with Gasteiger partial charge in [0.25, 0.3) is 0 Å². The molecule has 3 rings (SSSR count). The molecule has 0 saturated heterocycles. The summed E-state index contributed by atoms with van der Waals surface area (Å²) in [6.45, 7) is 4.66. The van der Waals surface area contributed by atoms with Crippen LogP contribution in [-0.2, 0) is 0 Å². The smallest absolute Gasteiger partial charge is 0.211 e. The van der Waals surface area contributed by atoms with Gasteiger partial charge in [0.05, 0.1) is 6.04 Å². The van der Waals surface area contributed by atoms with Crippen LogP contribution in [0.4, 0.5) is 5.69 Å². The third kappa shape index (κ3) is 1.93. The van der Waals surface area contributed by atoms with Crippen LogP contribution in [0.25, 0.3) is 0 Å². The summed E-state index contributed by atoms with van der Waals surface area (Å²) in [5.41, 5.74) is 1.25. The topological polar surface area (TPSA) is 3.01 Å². The van der Waals surface area contributed by atoms with Gasteiger partial charge in [-0.2, -0.15) is 6.54 Å². The van der Waals surface area contributed by atoms with E-state index >= 15 is 0 Å². The molecule has 2 nitrogen and oxygen atoms in total. The first-order chi connectivity index (χ1) is 8.28. The summed E-state index contributed by atoms with van der Waals surface area (Å²) in [6.07, 6.45) is 7.71. The van der Waals surface area contributed by atoms with Gasteiger partial charge in [-0.15, -0.1) is 0 Å². The second kappa shape index (κ2) is 4.11. The van der Waals surface area contributed by atoms with Crippen LogP contribution in [0.15, 0.2) is 30.3 Å². The van der Waals surface area contributed by atoms with Gasteiger partial charge in [0.2, 0.25) is 6.67 Å². The number of rotatable bonds is 2. The molecule has 1 heterocycles. The molecule has 17 heavy (non-hydrogen) atoms. The Bertz CT molecular complexity index is 418. The van der Waals surface area contributed by atoms with E-state index < -0.39 is 0 Å². The summed E-state index contributed by atoms with van der Waals surface area (Å²) in [5.74, 6) is 0. The predicted octanol–water partition coefficient (Wildman–Crippen LogP) is 3.09. The summed E-state index contributed by atoms with van der Waals surface area (Å²) >= 11 is 0. The quantitative estimate of drug-likeness (QED) is 0.416. The fourth-order valence-corrected chi connectivity index (χ4v) is 2.99. The summed E-state index contributed by atoms with van der Waals surface area (Å²) in [7, 11) is 2.31. The molecular formula is C15H20N2. The molecule has 90 valence electrons. The molecule has 1 saturated carbocycles. The highest BCUT2D eigenvalue weighted by Gasteiger charge is 2.32. The lowest BCUT2D eigenvalue weighted by Gasteiger charge is -2.43. The molecule has 0 amide bonds. The SMILES string of the molecule is C[N+]1(C2CCCC2)[CH-]C=[N+](c2ccccc2)[CH-]1. The van der Waals surface area contributed by atoms with Crippen LogP contribution < -0.4 is 0 Å². The van der Waals surface area contributed by atoms with Gasteiger partial charge in [-0.25, -0.2) is 0 Å². The van der Waals surface area contributed by atoms with Crippen LogP contribution in [0.2, 0.25) is 0 Å². The van der Waals surface area contributed by atoms with Crippen LogP contribution in [-0.4, -0.2) is 28.4 Å².